The van der Waals surface area contributed by atoms with Gasteiger partial charge in [0.25, 0.3) is 0 Å². The smallest absolute Gasteiger partial charge is 0.410 e. The Balaban J connectivity index is 2.04. The lowest BCUT2D eigenvalue weighted by atomic mass is 10.1. The number of rotatable bonds is 2. The molecule has 0 aromatic heterocycles. The van der Waals surface area contributed by atoms with Gasteiger partial charge in [-0.3, -0.25) is 4.90 Å². The molecule has 0 spiro atoms. The van der Waals surface area contributed by atoms with Crippen LogP contribution in [0.15, 0.2) is 0 Å². The van der Waals surface area contributed by atoms with Crippen molar-refractivity contribution >= 4 is 6.09 Å². The Morgan fingerprint density at radius 2 is 1.88 bits per heavy atom. The van der Waals surface area contributed by atoms with Crippen LogP contribution in [0.5, 0.6) is 0 Å². The minimum absolute atomic E-state index is 0.0302. The Morgan fingerprint density at radius 1 is 1.24 bits per heavy atom. The summed E-state index contributed by atoms with van der Waals surface area (Å²) in [5.41, 5.74) is -0.465. The molecule has 0 aliphatic heterocycles. The summed E-state index contributed by atoms with van der Waals surface area (Å²) in [6.45, 7) is 5.63. The third-order valence-electron chi connectivity index (χ3n) is 3.35. The summed E-state index contributed by atoms with van der Waals surface area (Å²) in [4.78, 5) is 14.0. The SMILES string of the molecule is CC(C)(C)OC(=O)N(C1CC1)[C@@H]1CCC[C@H]1O. The first-order valence-electron chi connectivity index (χ1n) is 6.58. The van der Waals surface area contributed by atoms with Gasteiger partial charge in [0.05, 0.1) is 12.1 Å². The fourth-order valence-corrected chi connectivity index (χ4v) is 2.47. The third-order valence-corrected chi connectivity index (χ3v) is 3.35. The standard InChI is InChI=1S/C13H23NO3/c1-13(2,3)17-12(16)14(9-7-8-9)10-5-4-6-11(10)15/h9-11,15H,4-8H2,1-3H3/t10-,11-/m1/s1. The van der Waals surface area contributed by atoms with E-state index in [1.807, 2.05) is 20.8 Å². The molecule has 2 atom stereocenters. The van der Waals surface area contributed by atoms with Crippen LogP contribution in [-0.4, -0.2) is 39.9 Å². The van der Waals surface area contributed by atoms with Gasteiger partial charge in [0.15, 0.2) is 0 Å². The molecule has 98 valence electrons. The van der Waals surface area contributed by atoms with Gasteiger partial charge in [-0.25, -0.2) is 4.79 Å². The van der Waals surface area contributed by atoms with E-state index in [1.165, 1.54) is 0 Å². The number of amides is 1. The highest BCUT2D eigenvalue weighted by Crippen LogP contribution is 2.35. The van der Waals surface area contributed by atoms with Gasteiger partial charge in [0, 0.05) is 6.04 Å². The molecule has 4 heteroatoms. The van der Waals surface area contributed by atoms with Gasteiger partial charge in [0.2, 0.25) is 0 Å². The van der Waals surface area contributed by atoms with E-state index < -0.39 is 5.60 Å². The number of aliphatic hydroxyl groups excluding tert-OH is 1. The number of aliphatic hydroxyl groups is 1. The highest BCUT2D eigenvalue weighted by Gasteiger charge is 2.43. The van der Waals surface area contributed by atoms with E-state index in [2.05, 4.69) is 0 Å². The molecule has 0 bridgehead atoms. The first kappa shape index (κ1) is 12.7. The van der Waals surface area contributed by atoms with Crippen molar-refractivity contribution in [3.05, 3.63) is 0 Å². The molecule has 0 aromatic carbocycles. The molecule has 0 heterocycles. The summed E-state index contributed by atoms with van der Waals surface area (Å²) in [7, 11) is 0. The molecule has 2 fully saturated rings. The molecular weight excluding hydrogens is 218 g/mol. The molecule has 2 aliphatic carbocycles. The normalized spacial score (nSPS) is 29.2. The zero-order valence-corrected chi connectivity index (χ0v) is 11.0. The number of hydrogen-bond donors (Lipinski definition) is 1. The molecule has 17 heavy (non-hydrogen) atoms. The molecule has 1 N–H and O–H groups in total. The van der Waals surface area contributed by atoms with E-state index >= 15 is 0 Å². The quantitative estimate of drug-likeness (QED) is 0.807. The minimum Gasteiger partial charge on any atom is -0.444 e. The maximum atomic E-state index is 12.2. The number of ether oxygens (including phenoxy) is 1. The van der Waals surface area contributed by atoms with Gasteiger partial charge in [-0.05, 0) is 52.9 Å². The number of carbonyl (C=O) groups is 1. The van der Waals surface area contributed by atoms with Crippen LogP contribution < -0.4 is 0 Å². The van der Waals surface area contributed by atoms with Crippen molar-refractivity contribution in [3.8, 4) is 0 Å². The first-order chi connectivity index (χ1) is 7.88. The van der Waals surface area contributed by atoms with Gasteiger partial charge in [-0.1, -0.05) is 0 Å². The second-order valence-electron chi connectivity index (χ2n) is 6.18. The first-order valence-corrected chi connectivity index (χ1v) is 6.58. The maximum absolute atomic E-state index is 12.2. The summed E-state index contributed by atoms with van der Waals surface area (Å²) in [6.07, 6.45) is 4.16. The van der Waals surface area contributed by atoms with E-state index in [0.717, 1.165) is 32.1 Å². The molecule has 2 aliphatic rings. The van der Waals surface area contributed by atoms with Crippen molar-refractivity contribution in [1.82, 2.24) is 4.90 Å². The average Bonchev–Trinajstić information content (AvgIpc) is 2.89. The second-order valence-corrected chi connectivity index (χ2v) is 6.18. The fraction of sp³-hybridized carbons (Fsp3) is 0.923. The lowest BCUT2D eigenvalue weighted by Crippen LogP contribution is -2.47. The zero-order chi connectivity index (χ0) is 12.6. The Morgan fingerprint density at radius 3 is 2.29 bits per heavy atom. The highest BCUT2D eigenvalue weighted by molar-refractivity contribution is 5.69. The van der Waals surface area contributed by atoms with Crippen molar-refractivity contribution in [2.24, 2.45) is 0 Å². The fourth-order valence-electron chi connectivity index (χ4n) is 2.47. The molecule has 0 saturated heterocycles. The van der Waals surface area contributed by atoms with Crippen LogP contribution in [0.4, 0.5) is 4.79 Å². The summed E-state index contributed by atoms with van der Waals surface area (Å²) < 4.78 is 5.44. The van der Waals surface area contributed by atoms with Crippen LogP contribution in [0.3, 0.4) is 0 Å². The van der Waals surface area contributed by atoms with Crippen LogP contribution in [0.2, 0.25) is 0 Å². The summed E-state index contributed by atoms with van der Waals surface area (Å²) >= 11 is 0. The number of nitrogens with zero attached hydrogens (tertiary/aromatic N) is 1. The second kappa shape index (κ2) is 4.48. The van der Waals surface area contributed by atoms with E-state index in [4.69, 9.17) is 4.74 Å². The predicted molar refractivity (Wildman–Crippen MR) is 64.7 cm³/mol. The summed E-state index contributed by atoms with van der Waals surface area (Å²) in [6, 6.07) is 0.264. The Bertz CT molecular complexity index is 294. The molecule has 0 radical (unpaired) electrons. The molecular formula is C13H23NO3. The van der Waals surface area contributed by atoms with Gasteiger partial charge in [0.1, 0.15) is 5.60 Å². The van der Waals surface area contributed by atoms with Gasteiger partial charge in [-0.2, -0.15) is 0 Å². The van der Waals surface area contributed by atoms with E-state index in [-0.39, 0.29) is 18.2 Å². The van der Waals surface area contributed by atoms with Crippen LogP contribution in [0.1, 0.15) is 52.9 Å². The number of carbonyl (C=O) groups excluding carboxylic acids is 1. The predicted octanol–water partition coefficient (Wildman–Crippen LogP) is 2.30. The Kier molecular flexibility index (Phi) is 3.34. The Hall–Kier alpha value is -0.770. The van der Waals surface area contributed by atoms with Crippen molar-refractivity contribution in [2.75, 3.05) is 0 Å². The monoisotopic (exact) mass is 241 g/mol. The van der Waals surface area contributed by atoms with Crippen LogP contribution in [0, 0.1) is 0 Å². The van der Waals surface area contributed by atoms with Crippen LogP contribution >= 0.6 is 0 Å². The lowest BCUT2D eigenvalue weighted by Gasteiger charge is -2.33. The van der Waals surface area contributed by atoms with Gasteiger partial charge >= 0.3 is 6.09 Å². The van der Waals surface area contributed by atoms with Crippen molar-refractivity contribution in [2.45, 2.75) is 76.7 Å². The van der Waals surface area contributed by atoms with Crippen molar-refractivity contribution in [1.29, 1.82) is 0 Å². The molecule has 0 aromatic rings. The summed E-state index contributed by atoms with van der Waals surface area (Å²) in [5, 5.41) is 9.93. The summed E-state index contributed by atoms with van der Waals surface area (Å²) in [5.74, 6) is 0. The van der Waals surface area contributed by atoms with E-state index in [1.54, 1.807) is 4.90 Å². The molecule has 1 amide bonds. The molecule has 2 saturated carbocycles. The Labute approximate surface area is 103 Å². The average molecular weight is 241 g/mol. The number of hydrogen-bond acceptors (Lipinski definition) is 3. The third kappa shape index (κ3) is 3.12. The lowest BCUT2D eigenvalue weighted by molar-refractivity contribution is -0.00190. The topological polar surface area (TPSA) is 49.8 Å². The molecule has 2 rings (SSSR count). The maximum Gasteiger partial charge on any atom is 0.410 e. The molecule has 4 nitrogen and oxygen atoms in total. The van der Waals surface area contributed by atoms with Crippen LogP contribution in [0.25, 0.3) is 0 Å². The largest absolute Gasteiger partial charge is 0.444 e. The zero-order valence-electron chi connectivity index (χ0n) is 11.0. The minimum atomic E-state index is -0.465. The molecule has 0 unspecified atom stereocenters. The van der Waals surface area contributed by atoms with E-state index in [9.17, 15) is 9.90 Å². The van der Waals surface area contributed by atoms with Crippen LogP contribution in [-0.2, 0) is 4.74 Å². The van der Waals surface area contributed by atoms with E-state index in [0.29, 0.717) is 6.04 Å². The van der Waals surface area contributed by atoms with Gasteiger partial charge < -0.3 is 9.84 Å². The van der Waals surface area contributed by atoms with Crippen molar-refractivity contribution < 1.29 is 14.6 Å². The highest BCUT2D eigenvalue weighted by atomic mass is 16.6. The van der Waals surface area contributed by atoms with Gasteiger partial charge in [-0.15, -0.1) is 0 Å². The van der Waals surface area contributed by atoms with Crippen molar-refractivity contribution in [3.63, 3.8) is 0 Å².